The van der Waals surface area contributed by atoms with Crippen molar-refractivity contribution in [3.63, 3.8) is 0 Å². The van der Waals surface area contributed by atoms with Crippen molar-refractivity contribution in [2.45, 2.75) is 40.5 Å². The van der Waals surface area contributed by atoms with Gasteiger partial charge in [0.05, 0.1) is 29.1 Å². The van der Waals surface area contributed by atoms with Gasteiger partial charge in [-0.3, -0.25) is 4.79 Å². The minimum Gasteiger partial charge on any atom is -0.550 e. The van der Waals surface area contributed by atoms with E-state index in [4.69, 9.17) is 4.74 Å². The predicted octanol–water partition coefficient (Wildman–Crippen LogP) is 3.79. The molecule has 0 fully saturated rings. The van der Waals surface area contributed by atoms with Crippen LogP contribution in [-0.4, -0.2) is 34.8 Å². The molecule has 0 aliphatic rings. The van der Waals surface area contributed by atoms with Crippen LogP contribution in [0.5, 0.6) is 5.75 Å². The molecule has 0 spiro atoms. The molecule has 1 heterocycles. The first-order valence-corrected chi connectivity index (χ1v) is 11.5. The maximum atomic E-state index is 13.6. The summed E-state index contributed by atoms with van der Waals surface area (Å²) in [6.45, 7) is 8.20. The minimum atomic E-state index is -1.22. The van der Waals surface area contributed by atoms with Gasteiger partial charge in [-0.25, -0.2) is 9.07 Å². The summed E-state index contributed by atoms with van der Waals surface area (Å²) < 4.78 is 20.6. The van der Waals surface area contributed by atoms with Crippen molar-refractivity contribution >= 4 is 17.6 Å². The lowest BCUT2D eigenvalue weighted by Crippen LogP contribution is -2.33. The van der Waals surface area contributed by atoms with Crippen molar-refractivity contribution in [2.75, 3.05) is 18.1 Å². The van der Waals surface area contributed by atoms with E-state index in [1.807, 2.05) is 20.8 Å². The molecule has 2 aromatic carbocycles. The number of hydrogen-bond acceptors (Lipinski definition) is 6. The first kappa shape index (κ1) is 26.4. The molecule has 0 unspecified atom stereocenters. The van der Waals surface area contributed by atoms with Crippen LogP contribution in [0.3, 0.4) is 0 Å². The molecule has 36 heavy (non-hydrogen) atoms. The van der Waals surface area contributed by atoms with Crippen LogP contribution in [0.15, 0.2) is 48.7 Å². The van der Waals surface area contributed by atoms with Gasteiger partial charge in [-0.05, 0) is 67.6 Å². The molecule has 0 aliphatic carbocycles. The third kappa shape index (κ3) is 6.69. The molecule has 9 heteroatoms. The molecular formula is C27H28FN4O4-. The zero-order valence-electron chi connectivity index (χ0n) is 20.7. The molecule has 0 atom stereocenters. The fourth-order valence-electron chi connectivity index (χ4n) is 3.46. The molecular weight excluding hydrogens is 463 g/mol. The monoisotopic (exact) mass is 491 g/mol. The normalized spacial score (nSPS) is 11.1. The van der Waals surface area contributed by atoms with Gasteiger partial charge in [0.15, 0.2) is 0 Å². The lowest BCUT2D eigenvalue weighted by molar-refractivity contribution is -0.305. The summed E-state index contributed by atoms with van der Waals surface area (Å²) in [5.74, 6) is -1.61. The largest absolute Gasteiger partial charge is 0.550 e. The number of rotatable bonds is 9. The van der Waals surface area contributed by atoms with Gasteiger partial charge in [0.2, 0.25) is 0 Å². The second-order valence-corrected chi connectivity index (χ2v) is 9.62. The fraction of sp³-hybridized carbons (Fsp3) is 0.333. The lowest BCUT2D eigenvalue weighted by atomic mass is 9.98. The number of hydrogen-bond donors (Lipinski definition) is 0. The Labute approximate surface area is 209 Å². The number of aryl methyl sites for hydroxylation is 1. The van der Waals surface area contributed by atoms with Gasteiger partial charge in [-0.2, -0.15) is 10.4 Å². The molecule has 0 saturated carbocycles. The highest BCUT2D eigenvalue weighted by atomic mass is 19.1. The molecule has 3 rings (SSSR count). The second kappa shape index (κ2) is 11.0. The summed E-state index contributed by atoms with van der Waals surface area (Å²) in [5.41, 5.74) is 1.88. The maximum absolute atomic E-state index is 13.6. The van der Waals surface area contributed by atoms with Crippen LogP contribution >= 0.6 is 0 Å². The highest BCUT2D eigenvalue weighted by molar-refractivity contribution is 6.06. The molecule has 188 valence electrons. The first-order valence-electron chi connectivity index (χ1n) is 11.5. The van der Waals surface area contributed by atoms with Crippen LogP contribution in [0.4, 0.5) is 10.1 Å². The quantitative estimate of drug-likeness (QED) is 0.450. The Kier molecular flexibility index (Phi) is 8.10. The Bertz CT molecular complexity index is 1290. The number of benzene rings is 2. The minimum absolute atomic E-state index is 0.0844. The molecule has 1 aromatic heterocycles. The number of carbonyl (C=O) groups excluding carboxylic acids is 2. The standard InChI is InChI=1S/C27H29FN4O4/c1-18-23(16-32(30-18)21-9-7-20(28)8-10-21)26(35)31(13-5-6-25(33)34)22-11-12-24(19(14-22)15-29)36-17-27(2,3)4/h7-12,14,16H,5-6,13,17H2,1-4H3,(H,33,34)/p-1. The van der Waals surface area contributed by atoms with E-state index in [0.29, 0.717) is 35.0 Å². The predicted molar refractivity (Wildman–Crippen MR) is 130 cm³/mol. The van der Waals surface area contributed by atoms with Crippen molar-refractivity contribution in [3.05, 3.63) is 71.3 Å². The molecule has 3 aromatic rings. The second-order valence-electron chi connectivity index (χ2n) is 9.62. The summed E-state index contributed by atoms with van der Waals surface area (Å²) in [6.07, 6.45) is 1.47. The Balaban J connectivity index is 1.95. The lowest BCUT2D eigenvalue weighted by Gasteiger charge is -2.24. The van der Waals surface area contributed by atoms with Gasteiger partial charge in [0.25, 0.3) is 5.91 Å². The number of anilines is 1. The van der Waals surface area contributed by atoms with Crippen molar-refractivity contribution in [3.8, 4) is 17.5 Å². The smallest absolute Gasteiger partial charge is 0.261 e. The average Bonchev–Trinajstić information content (AvgIpc) is 3.21. The van der Waals surface area contributed by atoms with Crippen LogP contribution in [0.1, 0.15) is 55.2 Å². The number of nitrogens with zero attached hydrogens (tertiary/aromatic N) is 4. The Morgan fingerprint density at radius 2 is 1.89 bits per heavy atom. The van der Waals surface area contributed by atoms with E-state index in [9.17, 15) is 24.3 Å². The highest BCUT2D eigenvalue weighted by Crippen LogP contribution is 2.28. The van der Waals surface area contributed by atoms with Crippen LogP contribution in [0.2, 0.25) is 0 Å². The molecule has 0 aliphatic heterocycles. The third-order valence-corrected chi connectivity index (χ3v) is 5.28. The van der Waals surface area contributed by atoms with Crippen molar-refractivity contribution < 1.29 is 23.8 Å². The van der Waals surface area contributed by atoms with E-state index in [0.717, 1.165) is 0 Å². The molecule has 0 bridgehead atoms. The summed E-state index contributed by atoms with van der Waals surface area (Å²) in [4.78, 5) is 26.0. The van der Waals surface area contributed by atoms with E-state index >= 15 is 0 Å². The zero-order chi connectivity index (χ0) is 26.5. The number of halogens is 1. The summed E-state index contributed by atoms with van der Waals surface area (Å²) >= 11 is 0. The Morgan fingerprint density at radius 3 is 2.50 bits per heavy atom. The van der Waals surface area contributed by atoms with E-state index in [2.05, 4.69) is 11.2 Å². The number of carbonyl (C=O) groups is 2. The van der Waals surface area contributed by atoms with Gasteiger partial charge in [0, 0.05) is 24.4 Å². The molecule has 1 amide bonds. The van der Waals surface area contributed by atoms with E-state index in [1.165, 1.54) is 21.7 Å². The Morgan fingerprint density at radius 1 is 1.19 bits per heavy atom. The molecule has 0 saturated heterocycles. The van der Waals surface area contributed by atoms with E-state index in [-0.39, 0.29) is 36.2 Å². The SMILES string of the molecule is Cc1nn(-c2ccc(F)cc2)cc1C(=O)N(CCCC(=O)[O-])c1ccc(OCC(C)(C)C)c(C#N)c1. The average molecular weight is 492 g/mol. The van der Waals surface area contributed by atoms with Gasteiger partial charge in [-0.1, -0.05) is 20.8 Å². The highest BCUT2D eigenvalue weighted by Gasteiger charge is 2.23. The number of carboxylic acids is 1. The Hall–Kier alpha value is -4.19. The van der Waals surface area contributed by atoms with Gasteiger partial charge >= 0.3 is 0 Å². The van der Waals surface area contributed by atoms with Crippen LogP contribution < -0.4 is 14.7 Å². The number of aromatic nitrogens is 2. The van der Waals surface area contributed by atoms with Crippen molar-refractivity contribution in [1.82, 2.24) is 9.78 Å². The fourth-order valence-corrected chi connectivity index (χ4v) is 3.46. The maximum Gasteiger partial charge on any atom is 0.261 e. The van der Waals surface area contributed by atoms with Gasteiger partial charge in [-0.15, -0.1) is 0 Å². The van der Waals surface area contributed by atoms with E-state index < -0.39 is 11.9 Å². The number of amides is 1. The third-order valence-electron chi connectivity index (χ3n) is 5.28. The topological polar surface area (TPSA) is 111 Å². The summed E-state index contributed by atoms with van der Waals surface area (Å²) in [5, 5.41) is 25.1. The number of nitriles is 1. The van der Waals surface area contributed by atoms with Gasteiger partial charge < -0.3 is 19.5 Å². The molecule has 0 N–H and O–H groups in total. The molecule has 8 nitrogen and oxygen atoms in total. The van der Waals surface area contributed by atoms with Crippen LogP contribution in [0, 0.1) is 29.5 Å². The van der Waals surface area contributed by atoms with Crippen molar-refractivity contribution in [1.29, 1.82) is 5.26 Å². The summed E-state index contributed by atoms with van der Waals surface area (Å²) in [6, 6.07) is 12.6. The number of ether oxygens (including phenoxy) is 1. The zero-order valence-corrected chi connectivity index (χ0v) is 20.7. The van der Waals surface area contributed by atoms with Gasteiger partial charge in [0.1, 0.15) is 17.6 Å². The first-order chi connectivity index (χ1) is 17.0. The molecule has 0 radical (unpaired) electrons. The number of carboxylic acid groups (broad SMARTS) is 1. The van der Waals surface area contributed by atoms with Crippen LogP contribution in [-0.2, 0) is 4.79 Å². The number of aliphatic carboxylic acids is 1. The van der Waals surface area contributed by atoms with Crippen molar-refractivity contribution in [2.24, 2.45) is 5.41 Å². The van der Waals surface area contributed by atoms with E-state index in [1.54, 1.807) is 43.5 Å². The van der Waals surface area contributed by atoms with Crippen LogP contribution in [0.25, 0.3) is 5.69 Å². The summed E-state index contributed by atoms with van der Waals surface area (Å²) in [7, 11) is 0.